The summed E-state index contributed by atoms with van der Waals surface area (Å²) in [6, 6.07) is 8.21. The van der Waals surface area contributed by atoms with Gasteiger partial charge in [-0.1, -0.05) is 6.07 Å². The molecule has 0 atom stereocenters. The molecule has 0 saturated heterocycles. The van der Waals surface area contributed by atoms with Crippen LogP contribution in [0.4, 0.5) is 5.69 Å². The fraction of sp³-hybridized carbons (Fsp3) is 0.476. The van der Waals surface area contributed by atoms with Crippen LogP contribution < -0.4 is 10.0 Å². The molecule has 0 spiro atoms. The molecule has 0 unspecified atom stereocenters. The minimum absolute atomic E-state index is 0.0542. The molecule has 0 bridgehead atoms. The van der Waals surface area contributed by atoms with Crippen molar-refractivity contribution in [1.82, 2.24) is 4.72 Å². The van der Waals surface area contributed by atoms with Gasteiger partial charge in [-0.2, -0.15) is 0 Å². The van der Waals surface area contributed by atoms with E-state index in [-0.39, 0.29) is 5.91 Å². The Balaban J connectivity index is 1.80. The highest BCUT2D eigenvalue weighted by Gasteiger charge is 2.27. The normalized spacial score (nSPS) is 12.2. The number of carbonyl (C=O) groups excluding carboxylic acids is 1. The first-order valence-electron chi connectivity index (χ1n) is 9.45. The Morgan fingerprint density at radius 1 is 1.11 bits per heavy atom. The van der Waals surface area contributed by atoms with Crippen molar-refractivity contribution in [2.45, 2.75) is 58.6 Å². The number of sulfonamides is 1. The standard InChI is InChI=1S/C21H30N2O3S2/c1-15-12-19(27-14-15)17-9-10-18(16(2)13-17)23-20(24)8-6-7-11-22-28(25,26)21(3,4)5/h9-10,12-14,22H,6-8,11H2,1-5H3,(H,23,24). The summed E-state index contributed by atoms with van der Waals surface area (Å²) in [6.45, 7) is 9.40. The lowest BCUT2D eigenvalue weighted by molar-refractivity contribution is -0.116. The molecular weight excluding hydrogens is 392 g/mol. The van der Waals surface area contributed by atoms with Gasteiger partial charge in [0, 0.05) is 23.5 Å². The summed E-state index contributed by atoms with van der Waals surface area (Å²) >= 11 is 1.71. The Morgan fingerprint density at radius 3 is 2.39 bits per heavy atom. The number of aryl methyl sites for hydroxylation is 2. The third-order valence-corrected chi connectivity index (χ3v) is 7.74. The van der Waals surface area contributed by atoms with E-state index < -0.39 is 14.8 Å². The number of benzene rings is 1. The van der Waals surface area contributed by atoms with Crippen molar-refractivity contribution >= 4 is 33.0 Å². The molecule has 154 valence electrons. The first kappa shape index (κ1) is 22.6. The maximum absolute atomic E-state index is 12.2. The van der Waals surface area contributed by atoms with Gasteiger partial charge in [-0.05, 0) is 87.7 Å². The van der Waals surface area contributed by atoms with Crippen LogP contribution in [-0.2, 0) is 14.8 Å². The van der Waals surface area contributed by atoms with Crippen molar-refractivity contribution in [2.75, 3.05) is 11.9 Å². The Kier molecular flexibility index (Phi) is 7.42. The molecule has 0 radical (unpaired) electrons. The zero-order valence-electron chi connectivity index (χ0n) is 17.3. The van der Waals surface area contributed by atoms with Crippen LogP contribution in [0.3, 0.4) is 0 Å². The van der Waals surface area contributed by atoms with E-state index in [9.17, 15) is 13.2 Å². The molecule has 7 heteroatoms. The molecule has 0 fully saturated rings. The van der Waals surface area contributed by atoms with Gasteiger partial charge in [0.05, 0.1) is 4.75 Å². The average Bonchev–Trinajstić information content (AvgIpc) is 3.01. The summed E-state index contributed by atoms with van der Waals surface area (Å²) in [6.07, 6.45) is 1.62. The van der Waals surface area contributed by atoms with Gasteiger partial charge in [0.25, 0.3) is 0 Å². The zero-order valence-corrected chi connectivity index (χ0v) is 18.9. The molecule has 0 aliphatic heterocycles. The van der Waals surface area contributed by atoms with E-state index in [1.165, 1.54) is 10.4 Å². The molecule has 1 aromatic carbocycles. The van der Waals surface area contributed by atoms with Crippen molar-refractivity contribution in [3.63, 3.8) is 0 Å². The second kappa shape index (κ2) is 9.20. The summed E-state index contributed by atoms with van der Waals surface area (Å²) in [5, 5.41) is 5.08. The van der Waals surface area contributed by atoms with Crippen molar-refractivity contribution in [3.05, 3.63) is 40.8 Å². The number of rotatable bonds is 8. The van der Waals surface area contributed by atoms with Crippen LogP contribution in [0.1, 0.15) is 51.2 Å². The van der Waals surface area contributed by atoms with Crippen molar-refractivity contribution in [2.24, 2.45) is 0 Å². The number of thiophene rings is 1. The van der Waals surface area contributed by atoms with Gasteiger partial charge >= 0.3 is 0 Å². The fourth-order valence-electron chi connectivity index (χ4n) is 2.59. The van der Waals surface area contributed by atoms with Crippen LogP contribution in [0.25, 0.3) is 10.4 Å². The Hall–Kier alpha value is -1.70. The first-order valence-corrected chi connectivity index (χ1v) is 11.8. The molecule has 0 saturated carbocycles. The molecule has 2 N–H and O–H groups in total. The molecule has 28 heavy (non-hydrogen) atoms. The molecule has 0 aliphatic rings. The molecular formula is C21H30N2O3S2. The molecule has 5 nitrogen and oxygen atoms in total. The van der Waals surface area contributed by atoms with E-state index in [0.29, 0.717) is 25.8 Å². The monoisotopic (exact) mass is 422 g/mol. The molecule has 0 aliphatic carbocycles. The lowest BCUT2D eigenvalue weighted by atomic mass is 10.1. The lowest BCUT2D eigenvalue weighted by Crippen LogP contribution is -2.39. The van der Waals surface area contributed by atoms with Crippen LogP contribution in [-0.4, -0.2) is 25.6 Å². The number of anilines is 1. The van der Waals surface area contributed by atoms with Crippen LogP contribution in [0.5, 0.6) is 0 Å². The summed E-state index contributed by atoms with van der Waals surface area (Å²) < 4.78 is 25.7. The zero-order chi connectivity index (χ0) is 20.9. The van der Waals surface area contributed by atoms with Crippen LogP contribution in [0, 0.1) is 13.8 Å². The third kappa shape index (κ3) is 6.15. The average molecular weight is 423 g/mol. The highest BCUT2D eigenvalue weighted by atomic mass is 32.2. The van der Waals surface area contributed by atoms with Crippen LogP contribution in [0.2, 0.25) is 0 Å². The summed E-state index contributed by atoms with van der Waals surface area (Å²) in [7, 11) is -3.33. The summed E-state index contributed by atoms with van der Waals surface area (Å²) in [5.74, 6) is -0.0542. The molecule has 2 rings (SSSR count). The van der Waals surface area contributed by atoms with Gasteiger partial charge in [0.1, 0.15) is 0 Å². The predicted octanol–water partition coefficient (Wildman–Crippen LogP) is 4.86. The van der Waals surface area contributed by atoms with Crippen molar-refractivity contribution in [3.8, 4) is 10.4 Å². The first-order chi connectivity index (χ1) is 13.0. The minimum Gasteiger partial charge on any atom is -0.326 e. The smallest absolute Gasteiger partial charge is 0.224 e. The van der Waals surface area contributed by atoms with Crippen molar-refractivity contribution < 1.29 is 13.2 Å². The Labute approximate surface area is 172 Å². The van der Waals surface area contributed by atoms with Gasteiger partial charge in [-0.3, -0.25) is 4.79 Å². The minimum atomic E-state index is -3.33. The van der Waals surface area contributed by atoms with E-state index in [1.807, 2.05) is 19.1 Å². The highest BCUT2D eigenvalue weighted by molar-refractivity contribution is 7.90. The van der Waals surface area contributed by atoms with E-state index in [0.717, 1.165) is 16.8 Å². The number of hydrogen-bond donors (Lipinski definition) is 2. The topological polar surface area (TPSA) is 75.3 Å². The molecule has 1 aromatic heterocycles. The number of hydrogen-bond acceptors (Lipinski definition) is 4. The Morgan fingerprint density at radius 2 is 1.82 bits per heavy atom. The maximum atomic E-state index is 12.2. The van der Waals surface area contributed by atoms with E-state index in [4.69, 9.17) is 0 Å². The van der Waals surface area contributed by atoms with Crippen LogP contribution >= 0.6 is 11.3 Å². The second-order valence-corrected chi connectivity index (χ2v) is 11.5. The fourth-order valence-corrected chi connectivity index (χ4v) is 4.33. The lowest BCUT2D eigenvalue weighted by Gasteiger charge is -2.19. The SMILES string of the molecule is Cc1csc(-c2ccc(NC(=O)CCCCNS(=O)(=O)C(C)(C)C)c(C)c2)c1. The molecule has 1 heterocycles. The van der Waals surface area contributed by atoms with E-state index in [2.05, 4.69) is 34.5 Å². The van der Waals surface area contributed by atoms with E-state index >= 15 is 0 Å². The van der Waals surface area contributed by atoms with Crippen LogP contribution in [0.15, 0.2) is 29.6 Å². The number of unbranched alkanes of at least 4 members (excludes halogenated alkanes) is 1. The quantitative estimate of drug-likeness (QED) is 0.597. The Bertz CT molecular complexity index is 925. The summed E-state index contributed by atoms with van der Waals surface area (Å²) in [4.78, 5) is 13.4. The number of amides is 1. The van der Waals surface area contributed by atoms with Gasteiger partial charge in [0.15, 0.2) is 0 Å². The predicted molar refractivity (Wildman–Crippen MR) is 118 cm³/mol. The molecule has 2 aromatic rings. The van der Waals surface area contributed by atoms with Crippen molar-refractivity contribution in [1.29, 1.82) is 0 Å². The van der Waals surface area contributed by atoms with Gasteiger partial charge in [0.2, 0.25) is 15.9 Å². The van der Waals surface area contributed by atoms with Gasteiger partial charge in [-0.15, -0.1) is 11.3 Å². The summed E-state index contributed by atoms with van der Waals surface area (Å²) in [5.41, 5.74) is 4.24. The van der Waals surface area contributed by atoms with Gasteiger partial charge in [-0.25, -0.2) is 13.1 Å². The largest absolute Gasteiger partial charge is 0.326 e. The third-order valence-electron chi connectivity index (χ3n) is 4.44. The number of carbonyl (C=O) groups is 1. The maximum Gasteiger partial charge on any atom is 0.224 e. The second-order valence-electron chi connectivity index (χ2n) is 8.03. The molecule has 1 amide bonds. The highest BCUT2D eigenvalue weighted by Crippen LogP contribution is 2.30. The van der Waals surface area contributed by atoms with Gasteiger partial charge < -0.3 is 5.32 Å². The van der Waals surface area contributed by atoms with E-state index in [1.54, 1.807) is 32.1 Å². The number of nitrogens with one attached hydrogen (secondary N) is 2.